The molecule has 366 valence electrons. The molecule has 0 amide bonds. The van der Waals surface area contributed by atoms with E-state index in [1.54, 1.807) is 0 Å². The number of unbranched alkanes of at least 4 members (excludes halogenated alkanes) is 24. The molecule has 1 unspecified atom stereocenters. The van der Waals surface area contributed by atoms with Crippen LogP contribution < -0.4 is 0 Å². The summed E-state index contributed by atoms with van der Waals surface area (Å²) in [5, 5.41) is 9.64. The van der Waals surface area contributed by atoms with Crippen LogP contribution in [0.4, 0.5) is 0 Å². The first kappa shape index (κ1) is 60.8. The lowest BCUT2D eigenvalue weighted by Gasteiger charge is -2.15. The number of aliphatic hydroxyl groups excluding tert-OH is 1. The zero-order valence-corrected chi connectivity index (χ0v) is 41.8. The topological polar surface area (TPSA) is 72.8 Å². The molecule has 0 aromatic rings. The SMILES string of the molecule is CC/C=C\C/C=C\C/C=C\C/C=C\C/C=C\C/C=C\CCCCCCCCCCC(=O)OC(CO)COC(=O)CCCCCCCCCCCCC/C=C\C/C=C\CCCCCCC. The third-order valence-electron chi connectivity index (χ3n) is 11.4. The first-order valence-electron chi connectivity index (χ1n) is 26.8. The van der Waals surface area contributed by atoms with Gasteiger partial charge in [-0.1, -0.05) is 233 Å². The summed E-state index contributed by atoms with van der Waals surface area (Å²) in [5.74, 6) is -0.603. The Bertz CT molecular complexity index is 1230. The van der Waals surface area contributed by atoms with Crippen molar-refractivity contribution in [2.45, 2.75) is 251 Å². The third kappa shape index (κ3) is 51.5. The van der Waals surface area contributed by atoms with Crippen molar-refractivity contribution in [1.82, 2.24) is 0 Å². The lowest BCUT2D eigenvalue weighted by molar-refractivity contribution is -0.161. The molecule has 64 heavy (non-hydrogen) atoms. The van der Waals surface area contributed by atoms with Crippen LogP contribution in [-0.4, -0.2) is 36.4 Å². The van der Waals surface area contributed by atoms with Crippen molar-refractivity contribution in [2.24, 2.45) is 0 Å². The standard InChI is InChI=1S/C59H100O5/c1-3-5-7-9-11-13-15-17-19-21-23-25-27-28-29-30-32-34-36-38-40-42-44-46-48-50-52-54-59(62)64-57(55-60)56-63-58(61)53-51-49-47-45-43-41-39-37-35-33-31-26-24-22-20-18-16-14-12-10-8-6-4-2/h5,7,11,13,16-19,22-25,28-29,32,34,57,60H,3-4,6,8-10,12,14-15,20-21,26-27,30-31,33,35-56H2,1-2H3/b7-5-,13-11-,18-16-,19-17-,24-22-,25-23-,29-28-,34-32-. The minimum absolute atomic E-state index is 0.0746. The van der Waals surface area contributed by atoms with Gasteiger partial charge in [0.25, 0.3) is 0 Å². The van der Waals surface area contributed by atoms with E-state index in [9.17, 15) is 14.7 Å². The van der Waals surface area contributed by atoms with Crippen molar-refractivity contribution in [3.05, 3.63) is 97.2 Å². The summed E-state index contributed by atoms with van der Waals surface area (Å²) in [4.78, 5) is 24.5. The van der Waals surface area contributed by atoms with Crippen LogP contribution >= 0.6 is 0 Å². The average Bonchev–Trinajstić information content (AvgIpc) is 3.30. The minimum Gasteiger partial charge on any atom is -0.462 e. The lowest BCUT2D eigenvalue weighted by atomic mass is 10.0. The second-order valence-electron chi connectivity index (χ2n) is 17.6. The van der Waals surface area contributed by atoms with Gasteiger partial charge in [-0.2, -0.15) is 0 Å². The third-order valence-corrected chi connectivity index (χ3v) is 11.4. The maximum Gasteiger partial charge on any atom is 0.306 e. The van der Waals surface area contributed by atoms with E-state index in [2.05, 4.69) is 111 Å². The van der Waals surface area contributed by atoms with Crippen LogP contribution in [0, 0.1) is 0 Å². The summed E-state index contributed by atoms with van der Waals surface area (Å²) in [5.41, 5.74) is 0. The largest absolute Gasteiger partial charge is 0.462 e. The van der Waals surface area contributed by atoms with E-state index in [-0.39, 0.29) is 25.2 Å². The summed E-state index contributed by atoms with van der Waals surface area (Å²) in [6.45, 7) is 4.02. The summed E-state index contributed by atoms with van der Waals surface area (Å²) >= 11 is 0. The number of allylic oxidation sites excluding steroid dienone is 16. The highest BCUT2D eigenvalue weighted by Gasteiger charge is 2.16. The molecule has 0 aromatic heterocycles. The first-order chi connectivity index (χ1) is 31.6. The fourth-order valence-electron chi connectivity index (χ4n) is 7.35. The number of hydrogen-bond acceptors (Lipinski definition) is 5. The molecule has 0 spiro atoms. The van der Waals surface area contributed by atoms with Crippen molar-refractivity contribution >= 4 is 11.9 Å². The Morgan fingerprint density at radius 3 is 1.02 bits per heavy atom. The second-order valence-corrected chi connectivity index (χ2v) is 17.6. The van der Waals surface area contributed by atoms with Gasteiger partial charge >= 0.3 is 11.9 Å². The predicted molar refractivity (Wildman–Crippen MR) is 279 cm³/mol. The molecule has 0 heterocycles. The Kier molecular flexibility index (Phi) is 51.5. The number of carbonyl (C=O) groups is 2. The van der Waals surface area contributed by atoms with E-state index < -0.39 is 6.10 Å². The number of esters is 2. The maximum absolute atomic E-state index is 12.3. The molecule has 5 nitrogen and oxygen atoms in total. The van der Waals surface area contributed by atoms with Gasteiger partial charge < -0.3 is 14.6 Å². The molecule has 0 saturated carbocycles. The highest BCUT2D eigenvalue weighted by atomic mass is 16.6. The Labute approximate surface area is 396 Å². The van der Waals surface area contributed by atoms with Crippen LogP contribution in [0.5, 0.6) is 0 Å². The lowest BCUT2D eigenvalue weighted by Crippen LogP contribution is -2.28. The van der Waals surface area contributed by atoms with Gasteiger partial charge in [0.05, 0.1) is 6.61 Å². The van der Waals surface area contributed by atoms with Crippen molar-refractivity contribution in [3.63, 3.8) is 0 Å². The van der Waals surface area contributed by atoms with E-state index in [4.69, 9.17) is 9.47 Å². The van der Waals surface area contributed by atoms with Crippen LogP contribution in [0.25, 0.3) is 0 Å². The van der Waals surface area contributed by atoms with E-state index in [1.165, 1.54) is 128 Å². The van der Waals surface area contributed by atoms with Gasteiger partial charge in [-0.25, -0.2) is 0 Å². The van der Waals surface area contributed by atoms with Crippen molar-refractivity contribution in [3.8, 4) is 0 Å². The smallest absolute Gasteiger partial charge is 0.306 e. The van der Waals surface area contributed by atoms with Crippen LogP contribution in [-0.2, 0) is 19.1 Å². The van der Waals surface area contributed by atoms with Crippen LogP contribution in [0.15, 0.2) is 97.2 Å². The number of ether oxygens (including phenoxy) is 2. The van der Waals surface area contributed by atoms with Gasteiger partial charge in [-0.3, -0.25) is 9.59 Å². The van der Waals surface area contributed by atoms with Crippen LogP contribution in [0.2, 0.25) is 0 Å². The molecule has 0 bridgehead atoms. The number of hydrogen-bond donors (Lipinski definition) is 1. The molecule has 0 rings (SSSR count). The Balaban J connectivity index is 3.56. The maximum atomic E-state index is 12.3. The second kappa shape index (κ2) is 54.2. The molecule has 1 atom stereocenters. The Hall–Kier alpha value is -3.18. The Morgan fingerprint density at radius 2 is 0.672 bits per heavy atom. The summed E-state index contributed by atoms with van der Waals surface area (Å²) in [6.07, 6.45) is 76.4. The fraction of sp³-hybridized carbons (Fsp3) is 0.695. The molecule has 0 radical (unpaired) electrons. The van der Waals surface area contributed by atoms with Gasteiger partial charge in [0, 0.05) is 12.8 Å². The van der Waals surface area contributed by atoms with Crippen molar-refractivity contribution in [1.29, 1.82) is 0 Å². The molecule has 0 aliphatic heterocycles. The van der Waals surface area contributed by atoms with Crippen LogP contribution in [0.1, 0.15) is 245 Å². The zero-order chi connectivity index (χ0) is 46.3. The average molecular weight is 889 g/mol. The molecular weight excluding hydrogens is 789 g/mol. The first-order valence-corrected chi connectivity index (χ1v) is 26.8. The Morgan fingerprint density at radius 1 is 0.375 bits per heavy atom. The number of rotatable bonds is 48. The summed E-state index contributed by atoms with van der Waals surface area (Å²) in [6, 6.07) is 0. The molecule has 0 fully saturated rings. The van der Waals surface area contributed by atoms with E-state index in [0.717, 1.165) is 89.9 Å². The highest BCUT2D eigenvalue weighted by molar-refractivity contribution is 5.70. The molecule has 0 aliphatic carbocycles. The van der Waals surface area contributed by atoms with E-state index >= 15 is 0 Å². The number of carbonyl (C=O) groups excluding carboxylic acids is 2. The predicted octanol–water partition coefficient (Wildman–Crippen LogP) is 18.0. The monoisotopic (exact) mass is 889 g/mol. The fourth-order valence-corrected chi connectivity index (χ4v) is 7.35. The quantitative estimate of drug-likeness (QED) is 0.0374. The van der Waals surface area contributed by atoms with Crippen molar-refractivity contribution < 1.29 is 24.2 Å². The number of aliphatic hydroxyl groups is 1. The van der Waals surface area contributed by atoms with Crippen molar-refractivity contribution in [2.75, 3.05) is 13.2 Å². The molecule has 0 aliphatic rings. The van der Waals surface area contributed by atoms with Gasteiger partial charge in [-0.15, -0.1) is 0 Å². The van der Waals surface area contributed by atoms with E-state index in [1.807, 2.05) is 0 Å². The molecule has 0 saturated heterocycles. The molecule has 0 aromatic carbocycles. The van der Waals surface area contributed by atoms with Gasteiger partial charge in [-0.05, 0) is 96.3 Å². The van der Waals surface area contributed by atoms with E-state index in [0.29, 0.717) is 12.8 Å². The van der Waals surface area contributed by atoms with Crippen LogP contribution in [0.3, 0.4) is 0 Å². The molecule has 5 heteroatoms. The summed E-state index contributed by atoms with van der Waals surface area (Å²) < 4.78 is 10.7. The van der Waals surface area contributed by atoms with Gasteiger partial charge in [0.15, 0.2) is 6.10 Å². The summed E-state index contributed by atoms with van der Waals surface area (Å²) in [7, 11) is 0. The van der Waals surface area contributed by atoms with Gasteiger partial charge in [0.2, 0.25) is 0 Å². The van der Waals surface area contributed by atoms with Gasteiger partial charge in [0.1, 0.15) is 6.61 Å². The highest BCUT2D eigenvalue weighted by Crippen LogP contribution is 2.15. The normalized spacial score (nSPS) is 13.0. The molecule has 1 N–H and O–H groups in total. The molecular formula is C59H100O5. The minimum atomic E-state index is -0.784. The zero-order valence-electron chi connectivity index (χ0n) is 41.8.